The lowest BCUT2D eigenvalue weighted by Gasteiger charge is -2.42. The van der Waals surface area contributed by atoms with Crippen LogP contribution in [0.3, 0.4) is 0 Å². The van der Waals surface area contributed by atoms with Crippen molar-refractivity contribution >= 4 is 23.9 Å². The van der Waals surface area contributed by atoms with Crippen molar-refractivity contribution in [1.82, 2.24) is 0 Å². The quantitative estimate of drug-likeness (QED) is 0.0602. The summed E-state index contributed by atoms with van der Waals surface area (Å²) in [5.74, 6) is -6.18. The number of carbonyl (C=O) groups is 4. The number of allylic oxidation sites excluding steroid dienone is 2. The number of esters is 4. The number of aliphatic hydroxyl groups excluding tert-OH is 8. The number of cyclic esters (lactones) is 1. The van der Waals surface area contributed by atoms with Crippen LogP contribution >= 0.6 is 0 Å². The zero-order chi connectivity index (χ0) is 47.4. The van der Waals surface area contributed by atoms with Crippen LogP contribution < -0.4 is 0 Å². The summed E-state index contributed by atoms with van der Waals surface area (Å²) in [6, 6.07) is 0. The highest BCUT2D eigenvalue weighted by molar-refractivity contribution is 5.91. The van der Waals surface area contributed by atoms with E-state index in [-0.39, 0.29) is 65.6 Å². The number of ether oxygens (including phenoxy) is 10. The van der Waals surface area contributed by atoms with Crippen molar-refractivity contribution in [2.75, 3.05) is 33.5 Å². The van der Waals surface area contributed by atoms with Gasteiger partial charge < -0.3 is 88.2 Å². The van der Waals surface area contributed by atoms with Crippen molar-refractivity contribution in [2.45, 2.75) is 127 Å². The number of aliphatic hydroxyl groups is 8. The molecule has 4 fully saturated rings. The number of fused-ring (bicyclic) bond motifs is 3. The van der Waals surface area contributed by atoms with E-state index in [0.717, 1.165) is 19.6 Å². The summed E-state index contributed by atoms with van der Waals surface area (Å²) in [6.07, 6.45) is -14.4. The van der Waals surface area contributed by atoms with E-state index in [2.05, 4.69) is 0 Å². The molecule has 6 aliphatic rings. The molecule has 0 amide bonds. The molecule has 65 heavy (non-hydrogen) atoms. The smallest absolute Gasteiger partial charge is 0.338 e. The number of hydrogen-bond donors (Lipinski definition) is 8. The number of methoxy groups -OCH3 is 1. The van der Waals surface area contributed by atoms with E-state index in [1.54, 1.807) is 19.9 Å². The molecule has 1 saturated carbocycles. The Balaban J connectivity index is 1.11. The van der Waals surface area contributed by atoms with Crippen molar-refractivity contribution in [3.63, 3.8) is 0 Å². The standard InChI is InChI=1S/C43H60O22/c1-6-19-22(25(38(54)56-5)15-59-40(19)64-42-36(52)34(50)32(48)28(11-44)62-42)9-30(46)57-13-17(3)21-8-27-18(4)24(21)14-58-31(47)10-23-20(7-2)41(60-16-26(23)39(55)61-27)65-43-37(53)35(51)33(49)29(12-45)63-43/h6-7,15-18,21-24,27-29,32-37,40-45,48-53H,8-14H2,1-5H3/b19-6+,20-7-/t17?,18-,21+,22+,23+,24-,27-,28-,29-,32-,33-,34+,35+,36-,37-,40+,41+,42+,43+/m1/s1. The van der Waals surface area contributed by atoms with E-state index in [1.807, 2.05) is 13.8 Å². The van der Waals surface area contributed by atoms with Gasteiger partial charge in [-0.3, -0.25) is 9.59 Å². The van der Waals surface area contributed by atoms with Crippen LogP contribution in [0.2, 0.25) is 0 Å². The fourth-order valence-corrected chi connectivity index (χ4v) is 9.33. The summed E-state index contributed by atoms with van der Waals surface area (Å²) < 4.78 is 56.6. The van der Waals surface area contributed by atoms with Gasteiger partial charge in [-0.15, -0.1) is 0 Å². The lowest BCUT2D eigenvalue weighted by molar-refractivity contribution is -0.327. The average Bonchev–Trinajstić information content (AvgIpc) is 3.60. The molecular weight excluding hydrogens is 868 g/mol. The molecule has 6 rings (SSSR count). The Labute approximate surface area is 373 Å². The molecule has 22 heteroatoms. The van der Waals surface area contributed by atoms with Gasteiger partial charge in [0, 0.05) is 28.9 Å². The van der Waals surface area contributed by atoms with Gasteiger partial charge in [0.2, 0.25) is 12.6 Å². The van der Waals surface area contributed by atoms with Crippen LogP contribution in [0.5, 0.6) is 0 Å². The van der Waals surface area contributed by atoms with Crippen LogP contribution in [0, 0.1) is 35.5 Å². The van der Waals surface area contributed by atoms with Gasteiger partial charge in [0.1, 0.15) is 54.9 Å². The molecule has 2 bridgehead atoms. The van der Waals surface area contributed by atoms with Crippen LogP contribution in [-0.2, 0) is 66.5 Å². The Bertz CT molecular complexity index is 1840. The predicted octanol–water partition coefficient (Wildman–Crippen LogP) is -1.90. The van der Waals surface area contributed by atoms with E-state index in [4.69, 9.17) is 47.4 Å². The fraction of sp³-hybridized carbons (Fsp3) is 0.721. The van der Waals surface area contributed by atoms with E-state index in [0.29, 0.717) is 6.42 Å². The molecule has 0 aromatic carbocycles. The first-order valence-electron chi connectivity index (χ1n) is 21.5. The fourth-order valence-electron chi connectivity index (χ4n) is 9.33. The number of rotatable bonds is 12. The molecule has 0 aromatic heterocycles. The molecule has 1 unspecified atom stereocenters. The highest BCUT2D eigenvalue weighted by Crippen LogP contribution is 2.46. The zero-order valence-electron chi connectivity index (χ0n) is 36.5. The lowest BCUT2D eigenvalue weighted by atomic mass is 9.83. The summed E-state index contributed by atoms with van der Waals surface area (Å²) in [6.45, 7) is 5.37. The van der Waals surface area contributed by atoms with E-state index >= 15 is 0 Å². The van der Waals surface area contributed by atoms with Gasteiger partial charge in [0.25, 0.3) is 0 Å². The molecule has 19 atom stereocenters. The van der Waals surface area contributed by atoms with E-state index < -0.39 is 135 Å². The molecular formula is C43H60O22. The summed E-state index contributed by atoms with van der Waals surface area (Å²) in [7, 11) is 1.15. The molecule has 5 aliphatic heterocycles. The van der Waals surface area contributed by atoms with Gasteiger partial charge in [-0.25, -0.2) is 9.59 Å². The third-order valence-electron chi connectivity index (χ3n) is 13.3. The molecule has 8 N–H and O–H groups in total. The number of hydrogen-bond acceptors (Lipinski definition) is 22. The molecule has 22 nitrogen and oxygen atoms in total. The third-order valence-corrected chi connectivity index (χ3v) is 13.3. The minimum Gasteiger partial charge on any atom is -0.468 e. The van der Waals surface area contributed by atoms with Crippen molar-refractivity contribution < 1.29 is 107 Å². The SMILES string of the molecule is C/C=C1\[C@H](O[C@@H]2O[C@H](CO)[C@@H](O)[C@H](O)[C@H]2O)OC=C2C(=O)O[C@@H]3C[C@@H](C(C)COC(=O)C[C@@H]4C(C(=O)OC)=CO[C@@H](O[C@@H]5O[C@H](CO)[C@@H](O)[C@H](O)[C@H]5O)/C4=C/C)[C@H](COC(=O)C[C@H]21)[C@H]3C. The van der Waals surface area contributed by atoms with Crippen LogP contribution in [0.15, 0.2) is 47.0 Å². The van der Waals surface area contributed by atoms with Crippen LogP contribution in [-0.4, -0.2) is 178 Å². The average molecular weight is 929 g/mol. The molecule has 5 heterocycles. The summed E-state index contributed by atoms with van der Waals surface area (Å²) in [5, 5.41) is 81.3. The summed E-state index contributed by atoms with van der Waals surface area (Å²) in [5.41, 5.74) is 0.476. The van der Waals surface area contributed by atoms with Crippen LogP contribution in [0.25, 0.3) is 0 Å². The van der Waals surface area contributed by atoms with Crippen LogP contribution in [0.4, 0.5) is 0 Å². The Kier molecular flexibility index (Phi) is 16.8. The third kappa shape index (κ3) is 10.6. The number of carbonyl (C=O) groups excluding carboxylic acids is 4. The van der Waals surface area contributed by atoms with Crippen molar-refractivity contribution in [3.05, 3.63) is 47.0 Å². The first kappa shape index (κ1) is 50.4. The lowest BCUT2D eigenvalue weighted by Crippen LogP contribution is -2.60. The predicted molar refractivity (Wildman–Crippen MR) is 213 cm³/mol. The Morgan fingerprint density at radius 3 is 1.95 bits per heavy atom. The van der Waals surface area contributed by atoms with Gasteiger partial charge in [-0.05, 0) is 38.0 Å². The minimum atomic E-state index is -1.76. The maximum absolute atomic E-state index is 13.9. The first-order valence-corrected chi connectivity index (χ1v) is 21.5. The zero-order valence-corrected chi connectivity index (χ0v) is 36.5. The highest BCUT2D eigenvalue weighted by atomic mass is 16.8. The topological polar surface area (TPSA) is 322 Å². The second-order valence-corrected chi connectivity index (χ2v) is 17.0. The van der Waals surface area contributed by atoms with Gasteiger partial charge >= 0.3 is 23.9 Å². The largest absolute Gasteiger partial charge is 0.468 e. The van der Waals surface area contributed by atoms with Gasteiger partial charge in [-0.1, -0.05) is 26.0 Å². The van der Waals surface area contributed by atoms with Gasteiger partial charge in [0.05, 0.1) is 70.0 Å². The normalized spacial score (nSPS) is 41.6. The van der Waals surface area contributed by atoms with Gasteiger partial charge in [-0.2, -0.15) is 0 Å². The van der Waals surface area contributed by atoms with Crippen molar-refractivity contribution in [3.8, 4) is 0 Å². The van der Waals surface area contributed by atoms with Crippen molar-refractivity contribution in [2.24, 2.45) is 35.5 Å². The van der Waals surface area contributed by atoms with Crippen molar-refractivity contribution in [1.29, 1.82) is 0 Å². The van der Waals surface area contributed by atoms with E-state index in [9.17, 15) is 60.0 Å². The molecule has 0 spiro atoms. The molecule has 1 aliphatic carbocycles. The Hall–Kier alpha value is -4.04. The molecule has 364 valence electrons. The van der Waals surface area contributed by atoms with Gasteiger partial charge in [0.15, 0.2) is 12.6 Å². The second-order valence-electron chi connectivity index (χ2n) is 17.0. The highest BCUT2D eigenvalue weighted by Gasteiger charge is 2.51. The second kappa shape index (κ2) is 21.7. The van der Waals surface area contributed by atoms with Crippen LogP contribution in [0.1, 0.15) is 47.0 Å². The molecule has 0 radical (unpaired) electrons. The maximum atomic E-state index is 13.9. The monoisotopic (exact) mass is 928 g/mol. The molecule has 0 aromatic rings. The summed E-state index contributed by atoms with van der Waals surface area (Å²) >= 11 is 0. The minimum absolute atomic E-state index is 0.00501. The Morgan fingerprint density at radius 1 is 0.831 bits per heavy atom. The summed E-state index contributed by atoms with van der Waals surface area (Å²) in [4.78, 5) is 53.9. The maximum Gasteiger partial charge on any atom is 0.338 e. The molecule has 3 saturated heterocycles. The van der Waals surface area contributed by atoms with E-state index in [1.165, 1.54) is 6.08 Å². The first-order chi connectivity index (χ1) is 31.0. The Morgan fingerprint density at radius 2 is 1.40 bits per heavy atom.